The van der Waals surface area contributed by atoms with Gasteiger partial charge in [-0.05, 0) is 22.4 Å². The van der Waals surface area contributed by atoms with Crippen LogP contribution >= 0.6 is 0 Å². The van der Waals surface area contributed by atoms with Crippen LogP contribution in [0, 0.1) is 0 Å². The lowest BCUT2D eigenvalue weighted by molar-refractivity contribution is 0.432. The highest BCUT2D eigenvalue weighted by atomic mass is 16.5. The number of benzene rings is 3. The summed E-state index contributed by atoms with van der Waals surface area (Å²) in [5.74, 6) is 1.07. The molecule has 126 valence electrons. The summed E-state index contributed by atoms with van der Waals surface area (Å²) < 4.78 is 5.99. The molecule has 4 aromatic rings. The van der Waals surface area contributed by atoms with E-state index in [2.05, 4.69) is 34.2 Å². The van der Waals surface area contributed by atoms with Crippen LogP contribution in [0.3, 0.4) is 0 Å². The van der Waals surface area contributed by atoms with Crippen LogP contribution in [0.1, 0.15) is 22.6 Å². The Labute approximate surface area is 149 Å². The SMILES string of the molecule is Nc1[nH]c(=O)nc2c1C(c1ccccc1)c1c(ccc3ccccc13)O2. The first-order valence-electron chi connectivity index (χ1n) is 8.36. The third-order valence-electron chi connectivity index (χ3n) is 4.81. The summed E-state index contributed by atoms with van der Waals surface area (Å²) in [4.78, 5) is 18.4. The number of fused-ring (bicyclic) bond motifs is 4. The molecule has 1 aliphatic rings. The summed E-state index contributed by atoms with van der Waals surface area (Å²) in [5, 5.41) is 2.21. The summed E-state index contributed by atoms with van der Waals surface area (Å²) in [5.41, 5.74) is 8.47. The number of nitrogens with two attached hydrogens (primary N) is 1. The average molecular weight is 341 g/mol. The minimum Gasteiger partial charge on any atom is -0.438 e. The van der Waals surface area contributed by atoms with E-state index in [-0.39, 0.29) is 17.6 Å². The molecule has 0 bridgehead atoms. The second-order valence-corrected chi connectivity index (χ2v) is 6.32. The number of nitrogens with one attached hydrogen (secondary N) is 1. The topological polar surface area (TPSA) is 81.0 Å². The second kappa shape index (κ2) is 5.46. The van der Waals surface area contributed by atoms with Gasteiger partial charge in [-0.25, -0.2) is 4.79 Å². The zero-order valence-corrected chi connectivity index (χ0v) is 13.8. The van der Waals surface area contributed by atoms with Gasteiger partial charge in [-0.2, -0.15) is 4.98 Å². The van der Waals surface area contributed by atoms with Crippen LogP contribution in [-0.2, 0) is 0 Å². The number of hydrogen-bond donors (Lipinski definition) is 2. The van der Waals surface area contributed by atoms with Crippen LogP contribution in [0.4, 0.5) is 5.82 Å². The molecule has 26 heavy (non-hydrogen) atoms. The first-order valence-corrected chi connectivity index (χ1v) is 8.36. The molecule has 3 aromatic carbocycles. The summed E-state index contributed by atoms with van der Waals surface area (Å²) in [6.07, 6.45) is 0. The molecule has 0 amide bonds. The van der Waals surface area contributed by atoms with Crippen molar-refractivity contribution in [2.75, 3.05) is 5.73 Å². The summed E-state index contributed by atoms with van der Waals surface area (Å²) in [6.45, 7) is 0. The van der Waals surface area contributed by atoms with E-state index in [0.29, 0.717) is 11.3 Å². The van der Waals surface area contributed by atoms with Crippen LogP contribution in [0.25, 0.3) is 10.8 Å². The molecule has 5 nitrogen and oxygen atoms in total. The third-order valence-corrected chi connectivity index (χ3v) is 4.81. The number of aromatic amines is 1. The highest BCUT2D eigenvalue weighted by molar-refractivity contribution is 5.90. The van der Waals surface area contributed by atoms with Crippen molar-refractivity contribution in [1.82, 2.24) is 9.97 Å². The van der Waals surface area contributed by atoms with E-state index < -0.39 is 5.69 Å². The van der Waals surface area contributed by atoms with Crippen LogP contribution < -0.4 is 16.2 Å². The number of ether oxygens (including phenoxy) is 1. The number of rotatable bonds is 1. The van der Waals surface area contributed by atoms with Crippen molar-refractivity contribution in [1.29, 1.82) is 0 Å². The maximum absolute atomic E-state index is 11.8. The first-order chi connectivity index (χ1) is 12.7. The molecule has 0 saturated carbocycles. The fourth-order valence-electron chi connectivity index (χ4n) is 3.72. The van der Waals surface area contributed by atoms with Crippen LogP contribution in [0.2, 0.25) is 0 Å². The maximum atomic E-state index is 11.8. The molecule has 1 aromatic heterocycles. The Hall–Kier alpha value is -3.60. The lowest BCUT2D eigenvalue weighted by Crippen LogP contribution is -2.22. The Morgan fingerprint density at radius 1 is 0.923 bits per heavy atom. The van der Waals surface area contributed by atoms with Crippen LogP contribution in [0.5, 0.6) is 11.6 Å². The molecular weight excluding hydrogens is 326 g/mol. The van der Waals surface area contributed by atoms with E-state index >= 15 is 0 Å². The van der Waals surface area contributed by atoms with Crippen molar-refractivity contribution in [3.8, 4) is 11.6 Å². The van der Waals surface area contributed by atoms with E-state index in [9.17, 15) is 4.79 Å². The molecule has 1 unspecified atom stereocenters. The Bertz CT molecular complexity index is 1200. The van der Waals surface area contributed by atoms with E-state index in [1.807, 2.05) is 42.5 Å². The van der Waals surface area contributed by atoms with Crippen molar-refractivity contribution < 1.29 is 4.74 Å². The van der Waals surface area contributed by atoms with E-state index in [1.165, 1.54) is 0 Å². The highest BCUT2D eigenvalue weighted by Gasteiger charge is 2.33. The van der Waals surface area contributed by atoms with E-state index in [0.717, 1.165) is 21.9 Å². The normalized spacial score (nSPS) is 15.2. The van der Waals surface area contributed by atoms with Gasteiger partial charge in [0.15, 0.2) is 0 Å². The number of H-pyrrole nitrogens is 1. The Balaban J connectivity index is 1.90. The fraction of sp³-hybridized carbons (Fsp3) is 0.0476. The quantitative estimate of drug-likeness (QED) is 0.486. The van der Waals surface area contributed by atoms with Gasteiger partial charge in [0.25, 0.3) is 0 Å². The molecule has 3 N–H and O–H groups in total. The summed E-state index contributed by atoms with van der Waals surface area (Å²) in [7, 11) is 0. The van der Waals surface area contributed by atoms with Gasteiger partial charge < -0.3 is 10.5 Å². The summed E-state index contributed by atoms with van der Waals surface area (Å²) in [6, 6.07) is 22.2. The molecular formula is C21H15N3O2. The number of hydrogen-bond acceptors (Lipinski definition) is 4. The van der Waals surface area contributed by atoms with Crippen molar-refractivity contribution >= 4 is 16.6 Å². The minimum absolute atomic E-state index is 0.176. The van der Waals surface area contributed by atoms with Gasteiger partial charge in [0.05, 0.1) is 5.56 Å². The standard InChI is InChI=1S/C21H15N3O2/c22-19-18-16(13-7-2-1-3-8-13)17-14-9-5-4-6-12(14)10-11-15(17)26-20(18)24-21(25)23-19/h1-11,16H,(H3,22,23,24,25). The smallest absolute Gasteiger partial charge is 0.349 e. The fourth-order valence-corrected chi connectivity index (χ4v) is 3.72. The Morgan fingerprint density at radius 3 is 2.54 bits per heavy atom. The van der Waals surface area contributed by atoms with Crippen molar-refractivity contribution in [3.05, 3.63) is 93.9 Å². The summed E-state index contributed by atoms with van der Waals surface area (Å²) >= 11 is 0. The van der Waals surface area contributed by atoms with Gasteiger partial charge >= 0.3 is 5.69 Å². The molecule has 2 heterocycles. The molecule has 0 fully saturated rings. The predicted molar refractivity (Wildman–Crippen MR) is 101 cm³/mol. The van der Waals surface area contributed by atoms with Gasteiger partial charge in [-0.15, -0.1) is 0 Å². The van der Waals surface area contributed by atoms with Crippen molar-refractivity contribution in [2.45, 2.75) is 5.92 Å². The zero-order valence-electron chi connectivity index (χ0n) is 13.8. The maximum Gasteiger partial charge on any atom is 0.349 e. The van der Waals surface area contributed by atoms with Gasteiger partial charge in [0.2, 0.25) is 5.88 Å². The first kappa shape index (κ1) is 14.7. The largest absolute Gasteiger partial charge is 0.438 e. The molecule has 5 heteroatoms. The molecule has 0 aliphatic carbocycles. The van der Waals surface area contributed by atoms with Crippen molar-refractivity contribution in [2.24, 2.45) is 0 Å². The molecule has 0 radical (unpaired) electrons. The minimum atomic E-state index is -0.516. The van der Waals surface area contributed by atoms with Gasteiger partial charge in [-0.3, -0.25) is 4.98 Å². The van der Waals surface area contributed by atoms with Gasteiger partial charge in [-0.1, -0.05) is 60.7 Å². The van der Waals surface area contributed by atoms with Crippen molar-refractivity contribution in [3.63, 3.8) is 0 Å². The predicted octanol–water partition coefficient (Wildman–Crippen LogP) is 3.79. The number of anilines is 1. The molecule has 0 saturated heterocycles. The number of nitrogens with zero attached hydrogens (tertiary/aromatic N) is 1. The lowest BCUT2D eigenvalue weighted by Gasteiger charge is -2.29. The monoisotopic (exact) mass is 341 g/mol. The molecule has 1 aliphatic heterocycles. The molecule has 1 atom stereocenters. The third kappa shape index (κ3) is 2.10. The molecule has 5 rings (SSSR count). The van der Waals surface area contributed by atoms with Gasteiger partial charge in [0, 0.05) is 11.5 Å². The average Bonchev–Trinajstić information content (AvgIpc) is 2.66. The zero-order chi connectivity index (χ0) is 17.7. The Kier molecular flexibility index (Phi) is 3.09. The number of aromatic nitrogens is 2. The van der Waals surface area contributed by atoms with E-state index in [4.69, 9.17) is 10.5 Å². The van der Waals surface area contributed by atoms with Crippen LogP contribution in [0.15, 0.2) is 71.5 Å². The molecule has 0 spiro atoms. The highest BCUT2D eigenvalue weighted by Crippen LogP contribution is 2.50. The lowest BCUT2D eigenvalue weighted by atomic mass is 9.81. The van der Waals surface area contributed by atoms with E-state index in [1.54, 1.807) is 0 Å². The van der Waals surface area contributed by atoms with Crippen LogP contribution in [-0.4, -0.2) is 9.97 Å². The number of nitrogen functional groups attached to an aromatic ring is 1. The Morgan fingerprint density at radius 2 is 1.69 bits per heavy atom. The second-order valence-electron chi connectivity index (χ2n) is 6.32. The van der Waals surface area contributed by atoms with Gasteiger partial charge in [0.1, 0.15) is 11.6 Å².